The normalized spacial score (nSPS) is 14.0. The van der Waals surface area contributed by atoms with Gasteiger partial charge in [-0.25, -0.2) is 0 Å². The van der Waals surface area contributed by atoms with Crippen LogP contribution in [-0.4, -0.2) is 68.5 Å². The number of allylic oxidation sites excluding steroid dienone is 1. The summed E-state index contributed by atoms with van der Waals surface area (Å²) in [5, 5.41) is 13.8. The highest BCUT2D eigenvalue weighted by molar-refractivity contribution is 7.45. The van der Waals surface area contributed by atoms with E-state index in [-0.39, 0.29) is 19.1 Å². The number of aliphatic hydroxyl groups excluding tert-OH is 1. The number of rotatable bonds is 53. The van der Waals surface area contributed by atoms with Crippen molar-refractivity contribution in [1.29, 1.82) is 0 Å². The third-order valence-corrected chi connectivity index (χ3v) is 14.2. The molecule has 8 nitrogen and oxygen atoms in total. The molecule has 0 saturated carbocycles. The fraction of sp³-hybridized carbons (Fsp3) is 0.946. The van der Waals surface area contributed by atoms with Gasteiger partial charge in [0.05, 0.1) is 39.9 Å². The number of hydrogen-bond acceptors (Lipinski definition) is 6. The molecule has 1 unspecified atom stereocenters. The Morgan fingerprint density at radius 3 is 1.15 bits per heavy atom. The van der Waals surface area contributed by atoms with Gasteiger partial charge in [0.15, 0.2) is 0 Å². The number of carbonyl (C=O) groups is 1. The molecule has 0 heterocycles. The number of unbranched alkanes of at least 4 members (excludes halogenated alkanes) is 40. The number of likely N-dealkylation sites (N-methyl/N-ethyl adjacent to an activating group) is 1. The molecule has 0 bridgehead atoms. The van der Waals surface area contributed by atoms with Crippen LogP contribution in [0, 0.1) is 0 Å². The predicted octanol–water partition coefficient (Wildman–Crippen LogP) is 16.4. The van der Waals surface area contributed by atoms with E-state index in [1.807, 2.05) is 27.2 Å². The third kappa shape index (κ3) is 50.9. The Bertz CT molecular complexity index is 1070. The Hall–Kier alpha value is -0.760. The Morgan fingerprint density at radius 1 is 0.523 bits per heavy atom. The predicted molar refractivity (Wildman–Crippen MR) is 279 cm³/mol. The highest BCUT2D eigenvalue weighted by atomic mass is 31.2. The zero-order chi connectivity index (χ0) is 47.8. The number of phosphoric acid groups is 1. The lowest BCUT2D eigenvalue weighted by molar-refractivity contribution is -0.870. The quantitative estimate of drug-likeness (QED) is 0.0272. The van der Waals surface area contributed by atoms with Gasteiger partial charge in [0.25, 0.3) is 7.82 Å². The second kappa shape index (κ2) is 48.3. The van der Waals surface area contributed by atoms with Gasteiger partial charge >= 0.3 is 0 Å². The molecule has 2 N–H and O–H groups in total. The van der Waals surface area contributed by atoms with Crippen molar-refractivity contribution in [3.05, 3.63) is 12.2 Å². The van der Waals surface area contributed by atoms with E-state index in [1.165, 1.54) is 231 Å². The van der Waals surface area contributed by atoms with Crippen LogP contribution in [0.25, 0.3) is 0 Å². The van der Waals surface area contributed by atoms with E-state index in [0.29, 0.717) is 17.4 Å². The molecule has 0 aromatic carbocycles. The molecule has 0 radical (unpaired) electrons. The molecule has 0 aliphatic heterocycles. The minimum absolute atomic E-state index is 0.00193. The van der Waals surface area contributed by atoms with Gasteiger partial charge in [0.2, 0.25) is 5.91 Å². The molecule has 0 spiro atoms. The maximum Gasteiger partial charge on any atom is 0.268 e. The molecule has 9 heteroatoms. The Kier molecular flexibility index (Phi) is 47.7. The molecule has 3 atom stereocenters. The second-order valence-electron chi connectivity index (χ2n) is 21.0. The van der Waals surface area contributed by atoms with Crippen LogP contribution in [0.5, 0.6) is 0 Å². The van der Waals surface area contributed by atoms with E-state index in [4.69, 9.17) is 9.05 Å². The molecule has 0 aromatic heterocycles. The zero-order valence-electron chi connectivity index (χ0n) is 44.2. The van der Waals surface area contributed by atoms with Crippen LogP contribution in [0.15, 0.2) is 12.2 Å². The van der Waals surface area contributed by atoms with Crippen LogP contribution in [-0.2, 0) is 18.4 Å². The summed E-state index contributed by atoms with van der Waals surface area (Å²) in [7, 11) is 1.27. The Balaban J connectivity index is 3.84. The summed E-state index contributed by atoms with van der Waals surface area (Å²) in [4.78, 5) is 25.3. The van der Waals surface area contributed by atoms with Crippen molar-refractivity contribution in [2.24, 2.45) is 0 Å². The van der Waals surface area contributed by atoms with Crippen LogP contribution >= 0.6 is 7.82 Å². The van der Waals surface area contributed by atoms with Gasteiger partial charge in [-0.2, -0.15) is 0 Å². The van der Waals surface area contributed by atoms with E-state index >= 15 is 0 Å². The first kappa shape index (κ1) is 64.2. The molecular formula is C56H113N2O6P. The van der Waals surface area contributed by atoms with Gasteiger partial charge in [-0.3, -0.25) is 9.36 Å². The van der Waals surface area contributed by atoms with Crippen molar-refractivity contribution in [2.75, 3.05) is 40.9 Å². The van der Waals surface area contributed by atoms with E-state index in [9.17, 15) is 19.4 Å². The molecule has 1 amide bonds. The maximum atomic E-state index is 12.9. The van der Waals surface area contributed by atoms with Crippen molar-refractivity contribution >= 4 is 13.7 Å². The number of nitrogens with one attached hydrogen (secondary N) is 1. The van der Waals surface area contributed by atoms with E-state index in [1.54, 1.807) is 6.08 Å². The van der Waals surface area contributed by atoms with Crippen LogP contribution in [0.1, 0.15) is 290 Å². The number of phosphoric ester groups is 1. The Morgan fingerprint density at radius 2 is 0.831 bits per heavy atom. The average Bonchev–Trinajstić information content (AvgIpc) is 3.26. The number of hydrogen-bond donors (Lipinski definition) is 2. The van der Waals surface area contributed by atoms with Crippen molar-refractivity contribution in [3.63, 3.8) is 0 Å². The molecule has 0 saturated heterocycles. The Labute approximate surface area is 405 Å². The number of quaternary nitrogens is 1. The van der Waals surface area contributed by atoms with Crippen LogP contribution < -0.4 is 10.2 Å². The lowest BCUT2D eigenvalue weighted by Crippen LogP contribution is -2.45. The van der Waals surface area contributed by atoms with Crippen LogP contribution in [0.4, 0.5) is 0 Å². The summed E-state index contributed by atoms with van der Waals surface area (Å²) in [6.07, 6.45) is 59.0. The fourth-order valence-corrected chi connectivity index (χ4v) is 9.47. The first-order valence-corrected chi connectivity index (χ1v) is 30.0. The second-order valence-corrected chi connectivity index (χ2v) is 22.4. The van der Waals surface area contributed by atoms with Crippen molar-refractivity contribution < 1.29 is 32.9 Å². The minimum atomic E-state index is -4.58. The molecule has 65 heavy (non-hydrogen) atoms. The number of amides is 1. The summed E-state index contributed by atoms with van der Waals surface area (Å²) in [5.74, 6) is -0.194. The van der Waals surface area contributed by atoms with Crippen molar-refractivity contribution in [3.8, 4) is 0 Å². The minimum Gasteiger partial charge on any atom is -0.756 e. The lowest BCUT2D eigenvalue weighted by Gasteiger charge is -2.29. The average molecular weight is 942 g/mol. The number of aliphatic hydroxyl groups is 1. The van der Waals surface area contributed by atoms with E-state index in [2.05, 4.69) is 19.2 Å². The highest BCUT2D eigenvalue weighted by Gasteiger charge is 2.23. The fourth-order valence-electron chi connectivity index (χ4n) is 8.74. The number of nitrogens with zero attached hydrogens (tertiary/aromatic N) is 1. The van der Waals surface area contributed by atoms with E-state index < -0.39 is 20.0 Å². The smallest absolute Gasteiger partial charge is 0.268 e. The largest absolute Gasteiger partial charge is 0.756 e. The topological polar surface area (TPSA) is 108 Å². The van der Waals surface area contributed by atoms with E-state index in [0.717, 1.165) is 38.5 Å². The third-order valence-electron chi connectivity index (χ3n) is 13.2. The number of carbonyl (C=O) groups excluding carboxylic acids is 1. The van der Waals surface area contributed by atoms with Gasteiger partial charge in [-0.15, -0.1) is 0 Å². The first-order valence-electron chi connectivity index (χ1n) is 28.6. The maximum absolute atomic E-state index is 12.9. The first-order chi connectivity index (χ1) is 31.5. The van der Waals surface area contributed by atoms with Crippen molar-refractivity contribution in [2.45, 2.75) is 302 Å². The molecule has 0 fully saturated rings. The summed E-state index contributed by atoms with van der Waals surface area (Å²) in [5.41, 5.74) is 0. The SMILES string of the molecule is CCCCCCCCC/C=C/[C@@H](O)[C@H](COP(=O)([O-])OCC[N+](C)(C)C)NC(=O)CCCCCCCCCCCCCCCCCCCCCCCCCCCCCCCCCCCC. The van der Waals surface area contributed by atoms with Gasteiger partial charge in [0, 0.05) is 6.42 Å². The van der Waals surface area contributed by atoms with Gasteiger partial charge < -0.3 is 28.8 Å². The molecule has 0 aromatic rings. The zero-order valence-corrected chi connectivity index (χ0v) is 45.1. The summed E-state index contributed by atoms with van der Waals surface area (Å²) >= 11 is 0. The van der Waals surface area contributed by atoms with Gasteiger partial charge in [0.1, 0.15) is 13.2 Å². The summed E-state index contributed by atoms with van der Waals surface area (Å²) in [6.45, 7) is 4.65. The van der Waals surface area contributed by atoms with Crippen LogP contribution in [0.2, 0.25) is 0 Å². The summed E-state index contributed by atoms with van der Waals surface area (Å²) < 4.78 is 23.2. The standard InChI is InChI=1S/C56H113N2O6P/c1-6-8-10-12-14-16-17-18-19-20-21-22-23-24-25-26-27-28-29-30-31-32-33-34-35-36-37-38-39-40-42-44-46-48-50-56(60)57-54(53-64-65(61,62)63-52-51-58(3,4)5)55(59)49-47-45-43-41-15-13-11-9-7-2/h47,49,54-55,59H,6-46,48,50-53H2,1-5H3,(H-,57,60,61,62)/b49-47+/t54-,55+/m0/s1. The monoisotopic (exact) mass is 941 g/mol. The van der Waals surface area contributed by atoms with Gasteiger partial charge in [-0.1, -0.05) is 276 Å². The molecule has 0 rings (SSSR count). The van der Waals surface area contributed by atoms with Crippen LogP contribution in [0.3, 0.4) is 0 Å². The molecule has 0 aliphatic rings. The lowest BCUT2D eigenvalue weighted by atomic mass is 10.0. The van der Waals surface area contributed by atoms with Gasteiger partial charge in [-0.05, 0) is 19.3 Å². The van der Waals surface area contributed by atoms with Crippen molar-refractivity contribution in [1.82, 2.24) is 5.32 Å². The molecular weight excluding hydrogens is 828 g/mol. The molecule has 388 valence electrons. The highest BCUT2D eigenvalue weighted by Crippen LogP contribution is 2.38. The molecule has 0 aliphatic carbocycles. The summed E-state index contributed by atoms with van der Waals surface area (Å²) in [6, 6.07) is -0.879.